The molecule has 1 unspecified atom stereocenters. The summed E-state index contributed by atoms with van der Waals surface area (Å²) in [5.41, 5.74) is 6.16. The summed E-state index contributed by atoms with van der Waals surface area (Å²) in [4.78, 5) is 0. The molecule has 0 bridgehead atoms. The van der Waals surface area contributed by atoms with Crippen molar-refractivity contribution in [1.29, 1.82) is 0 Å². The van der Waals surface area contributed by atoms with Crippen molar-refractivity contribution in [2.45, 2.75) is 57.0 Å². The van der Waals surface area contributed by atoms with Gasteiger partial charge in [-0.2, -0.15) is 0 Å². The molecule has 2 rings (SSSR count). The van der Waals surface area contributed by atoms with E-state index in [1.807, 2.05) is 0 Å². The minimum absolute atomic E-state index is 0.417. The van der Waals surface area contributed by atoms with Crippen LogP contribution in [0.25, 0.3) is 0 Å². The summed E-state index contributed by atoms with van der Waals surface area (Å²) >= 11 is 0. The molecule has 2 nitrogen and oxygen atoms in total. The third-order valence-electron chi connectivity index (χ3n) is 3.47. The standard InChI is InChI=1S/C11H22N2/c12-11(8-13-10-6-7-10)9-4-2-1-3-5-9/h9-11,13H,1-8,12H2. The van der Waals surface area contributed by atoms with Crippen LogP contribution in [0.15, 0.2) is 0 Å². The lowest BCUT2D eigenvalue weighted by molar-refractivity contribution is 0.297. The fourth-order valence-corrected chi connectivity index (χ4v) is 2.32. The largest absolute Gasteiger partial charge is 0.326 e. The van der Waals surface area contributed by atoms with Gasteiger partial charge in [0.25, 0.3) is 0 Å². The van der Waals surface area contributed by atoms with Crippen LogP contribution in [-0.2, 0) is 0 Å². The molecular formula is C11H22N2. The van der Waals surface area contributed by atoms with Crippen LogP contribution >= 0.6 is 0 Å². The van der Waals surface area contributed by atoms with Crippen LogP contribution in [0, 0.1) is 5.92 Å². The molecule has 2 saturated carbocycles. The second-order valence-corrected chi connectivity index (χ2v) is 4.74. The van der Waals surface area contributed by atoms with E-state index in [9.17, 15) is 0 Å². The molecule has 2 aliphatic rings. The van der Waals surface area contributed by atoms with E-state index in [1.54, 1.807) is 0 Å². The molecule has 2 fully saturated rings. The first-order chi connectivity index (χ1) is 6.36. The van der Waals surface area contributed by atoms with Crippen molar-refractivity contribution in [3.8, 4) is 0 Å². The van der Waals surface area contributed by atoms with Crippen LogP contribution in [-0.4, -0.2) is 18.6 Å². The highest BCUT2D eigenvalue weighted by molar-refractivity contribution is 4.85. The van der Waals surface area contributed by atoms with Crippen molar-refractivity contribution in [3.05, 3.63) is 0 Å². The molecule has 2 aliphatic carbocycles. The predicted molar refractivity (Wildman–Crippen MR) is 55.6 cm³/mol. The SMILES string of the molecule is NC(CNC1CC1)C1CCCCC1. The van der Waals surface area contributed by atoms with E-state index in [-0.39, 0.29) is 0 Å². The lowest BCUT2D eigenvalue weighted by Gasteiger charge is -2.27. The predicted octanol–water partition coefficient (Wildman–Crippen LogP) is 1.65. The van der Waals surface area contributed by atoms with E-state index in [4.69, 9.17) is 5.73 Å². The first-order valence-electron chi connectivity index (χ1n) is 5.85. The monoisotopic (exact) mass is 182 g/mol. The van der Waals surface area contributed by atoms with Gasteiger partial charge in [-0.25, -0.2) is 0 Å². The van der Waals surface area contributed by atoms with Crippen LogP contribution in [0.1, 0.15) is 44.9 Å². The van der Waals surface area contributed by atoms with Gasteiger partial charge in [0.05, 0.1) is 0 Å². The Labute approximate surface area is 81.3 Å². The number of nitrogens with two attached hydrogens (primary N) is 1. The molecule has 0 saturated heterocycles. The first kappa shape index (κ1) is 9.47. The highest BCUT2D eigenvalue weighted by Gasteiger charge is 2.24. The van der Waals surface area contributed by atoms with Crippen molar-refractivity contribution < 1.29 is 0 Å². The van der Waals surface area contributed by atoms with Crippen LogP contribution in [0.2, 0.25) is 0 Å². The zero-order valence-corrected chi connectivity index (χ0v) is 8.47. The summed E-state index contributed by atoms with van der Waals surface area (Å²) < 4.78 is 0. The molecule has 0 heterocycles. The summed E-state index contributed by atoms with van der Waals surface area (Å²) in [5.74, 6) is 0.806. The molecule has 0 aliphatic heterocycles. The first-order valence-corrected chi connectivity index (χ1v) is 5.85. The third kappa shape index (κ3) is 2.96. The second-order valence-electron chi connectivity index (χ2n) is 4.74. The van der Waals surface area contributed by atoms with Gasteiger partial charge in [-0.05, 0) is 31.6 Å². The molecule has 2 heteroatoms. The van der Waals surface area contributed by atoms with Crippen LogP contribution in [0.4, 0.5) is 0 Å². The summed E-state index contributed by atoms with van der Waals surface area (Å²) in [6.45, 7) is 1.05. The summed E-state index contributed by atoms with van der Waals surface area (Å²) in [6.07, 6.45) is 9.72. The molecule has 0 aromatic heterocycles. The average molecular weight is 182 g/mol. The van der Waals surface area contributed by atoms with E-state index < -0.39 is 0 Å². The van der Waals surface area contributed by atoms with Crippen LogP contribution in [0.5, 0.6) is 0 Å². The Morgan fingerprint density at radius 2 is 1.77 bits per heavy atom. The lowest BCUT2D eigenvalue weighted by Crippen LogP contribution is -2.41. The van der Waals surface area contributed by atoms with Gasteiger partial charge in [-0.15, -0.1) is 0 Å². The number of hydrogen-bond donors (Lipinski definition) is 2. The smallest absolute Gasteiger partial charge is 0.0194 e. The van der Waals surface area contributed by atoms with E-state index in [0.29, 0.717) is 6.04 Å². The van der Waals surface area contributed by atoms with E-state index in [0.717, 1.165) is 18.5 Å². The van der Waals surface area contributed by atoms with Gasteiger partial charge in [0, 0.05) is 18.6 Å². The van der Waals surface area contributed by atoms with Crippen molar-refractivity contribution in [1.82, 2.24) is 5.32 Å². The Morgan fingerprint density at radius 3 is 2.38 bits per heavy atom. The maximum Gasteiger partial charge on any atom is 0.0194 e. The average Bonchev–Trinajstić information content (AvgIpc) is 2.99. The molecule has 3 N–H and O–H groups in total. The lowest BCUT2D eigenvalue weighted by atomic mass is 9.84. The highest BCUT2D eigenvalue weighted by atomic mass is 15.0. The molecule has 0 amide bonds. The maximum absolute atomic E-state index is 6.16. The van der Waals surface area contributed by atoms with E-state index in [2.05, 4.69) is 5.32 Å². The molecular weight excluding hydrogens is 160 g/mol. The minimum atomic E-state index is 0.417. The molecule has 0 radical (unpaired) electrons. The zero-order valence-electron chi connectivity index (χ0n) is 8.47. The van der Waals surface area contributed by atoms with Crippen molar-refractivity contribution in [2.24, 2.45) is 11.7 Å². The molecule has 0 aromatic rings. The Kier molecular flexibility index (Phi) is 3.23. The Bertz CT molecular complexity index is 148. The molecule has 0 spiro atoms. The molecule has 13 heavy (non-hydrogen) atoms. The maximum atomic E-state index is 6.16. The van der Waals surface area contributed by atoms with Gasteiger partial charge in [-0.1, -0.05) is 19.3 Å². The van der Waals surface area contributed by atoms with Crippen LogP contribution in [0.3, 0.4) is 0 Å². The van der Waals surface area contributed by atoms with Gasteiger partial charge in [0.15, 0.2) is 0 Å². The normalized spacial score (nSPS) is 27.5. The highest BCUT2D eigenvalue weighted by Crippen LogP contribution is 2.26. The Balaban J connectivity index is 1.64. The fourth-order valence-electron chi connectivity index (χ4n) is 2.32. The topological polar surface area (TPSA) is 38.0 Å². The van der Waals surface area contributed by atoms with Crippen LogP contribution < -0.4 is 11.1 Å². The second kappa shape index (κ2) is 4.43. The number of rotatable bonds is 4. The van der Waals surface area contributed by atoms with Gasteiger partial charge in [-0.3, -0.25) is 0 Å². The van der Waals surface area contributed by atoms with Gasteiger partial charge in [0.1, 0.15) is 0 Å². The number of hydrogen-bond acceptors (Lipinski definition) is 2. The van der Waals surface area contributed by atoms with Crippen molar-refractivity contribution >= 4 is 0 Å². The minimum Gasteiger partial charge on any atom is -0.326 e. The van der Waals surface area contributed by atoms with E-state index >= 15 is 0 Å². The zero-order chi connectivity index (χ0) is 9.10. The summed E-state index contributed by atoms with van der Waals surface area (Å²) in [5, 5.41) is 3.53. The quantitative estimate of drug-likeness (QED) is 0.693. The van der Waals surface area contributed by atoms with Crippen molar-refractivity contribution in [2.75, 3.05) is 6.54 Å². The summed E-state index contributed by atoms with van der Waals surface area (Å²) in [7, 11) is 0. The molecule has 1 atom stereocenters. The molecule has 76 valence electrons. The third-order valence-corrected chi connectivity index (χ3v) is 3.47. The fraction of sp³-hybridized carbons (Fsp3) is 1.00. The summed E-state index contributed by atoms with van der Waals surface area (Å²) in [6, 6.07) is 1.23. The van der Waals surface area contributed by atoms with Gasteiger partial charge >= 0.3 is 0 Å². The van der Waals surface area contributed by atoms with E-state index in [1.165, 1.54) is 44.9 Å². The molecule has 0 aromatic carbocycles. The Morgan fingerprint density at radius 1 is 1.08 bits per heavy atom. The van der Waals surface area contributed by atoms with Gasteiger partial charge < -0.3 is 11.1 Å². The van der Waals surface area contributed by atoms with Gasteiger partial charge in [0.2, 0.25) is 0 Å². The Hall–Kier alpha value is -0.0800. The van der Waals surface area contributed by atoms with Crippen molar-refractivity contribution in [3.63, 3.8) is 0 Å². The number of nitrogens with one attached hydrogen (secondary N) is 1.